The number of ether oxygens (including phenoxy) is 2. The van der Waals surface area contributed by atoms with Crippen LogP contribution in [-0.4, -0.2) is 31.6 Å². The van der Waals surface area contributed by atoms with Crippen LogP contribution in [0.25, 0.3) is 0 Å². The van der Waals surface area contributed by atoms with Gasteiger partial charge in [-0.1, -0.05) is 12.5 Å². The lowest BCUT2D eigenvalue weighted by atomic mass is 9.44. The van der Waals surface area contributed by atoms with Gasteiger partial charge >= 0.3 is 5.97 Å². The maximum atomic E-state index is 12.8. The van der Waals surface area contributed by atoms with Crippen molar-refractivity contribution >= 4 is 11.8 Å². The maximum absolute atomic E-state index is 12.8. The summed E-state index contributed by atoms with van der Waals surface area (Å²) in [5.74, 6) is 1.34. The van der Waals surface area contributed by atoms with Crippen molar-refractivity contribution < 1.29 is 19.1 Å². The van der Waals surface area contributed by atoms with Gasteiger partial charge in [0.25, 0.3) is 0 Å². The number of allylic oxidation sites excluding steroid dienone is 1. The van der Waals surface area contributed by atoms with Crippen LogP contribution < -0.4 is 0 Å². The molecule has 1 unspecified atom stereocenters. The van der Waals surface area contributed by atoms with Crippen LogP contribution in [0.5, 0.6) is 0 Å². The summed E-state index contributed by atoms with van der Waals surface area (Å²) in [6.07, 6.45) is 7.39. The lowest BCUT2D eigenvalue weighted by Crippen LogP contribution is -2.62. The Morgan fingerprint density at radius 1 is 1.29 bits per heavy atom. The average Bonchev–Trinajstić information content (AvgIpc) is 3.06. The molecule has 4 heteroatoms. The Morgan fingerprint density at radius 2 is 2.12 bits per heavy atom. The molecule has 0 aromatic carbocycles. The first-order chi connectivity index (χ1) is 11.5. The van der Waals surface area contributed by atoms with Gasteiger partial charge in [0.2, 0.25) is 0 Å². The molecule has 2 heterocycles. The van der Waals surface area contributed by atoms with Crippen LogP contribution in [0, 0.1) is 28.6 Å². The highest BCUT2D eigenvalue weighted by molar-refractivity contribution is 5.96. The van der Waals surface area contributed by atoms with Gasteiger partial charge in [0.15, 0.2) is 5.78 Å². The highest BCUT2D eigenvalue weighted by Crippen LogP contribution is 2.64. The molecule has 24 heavy (non-hydrogen) atoms. The number of carbonyl (C=O) groups excluding carboxylic acids is 2. The third-order valence-corrected chi connectivity index (χ3v) is 7.61. The number of hydrogen-bond acceptors (Lipinski definition) is 4. The first kappa shape index (κ1) is 16.3. The van der Waals surface area contributed by atoms with Gasteiger partial charge in [0, 0.05) is 25.0 Å². The van der Waals surface area contributed by atoms with E-state index in [0.717, 1.165) is 50.9 Å². The average molecular weight is 332 g/mol. The topological polar surface area (TPSA) is 52.6 Å². The number of esters is 1. The molecule has 2 bridgehead atoms. The zero-order valence-electron chi connectivity index (χ0n) is 14.8. The third kappa shape index (κ3) is 2.15. The Hall–Kier alpha value is -1.16. The van der Waals surface area contributed by atoms with Crippen molar-refractivity contribution in [3.63, 3.8) is 0 Å². The molecule has 2 saturated heterocycles. The number of rotatable bonds is 3. The van der Waals surface area contributed by atoms with E-state index in [1.807, 2.05) is 6.92 Å². The van der Waals surface area contributed by atoms with Crippen molar-refractivity contribution in [2.45, 2.75) is 52.4 Å². The molecule has 0 amide bonds. The van der Waals surface area contributed by atoms with Crippen molar-refractivity contribution in [2.75, 3.05) is 19.8 Å². The molecule has 2 aliphatic heterocycles. The quantitative estimate of drug-likeness (QED) is 0.744. The van der Waals surface area contributed by atoms with Crippen molar-refractivity contribution in [2.24, 2.45) is 28.6 Å². The molecular formula is C20H28O4. The van der Waals surface area contributed by atoms with E-state index in [-0.39, 0.29) is 23.1 Å². The summed E-state index contributed by atoms with van der Waals surface area (Å²) in [6, 6.07) is 0. The highest BCUT2D eigenvalue weighted by atomic mass is 16.5. The van der Waals surface area contributed by atoms with Crippen molar-refractivity contribution in [3.8, 4) is 0 Å². The minimum atomic E-state index is -0.537. The largest absolute Gasteiger partial charge is 0.464 e. The molecule has 5 atom stereocenters. The van der Waals surface area contributed by atoms with Gasteiger partial charge in [0.05, 0.1) is 12.0 Å². The summed E-state index contributed by atoms with van der Waals surface area (Å²) in [5, 5.41) is 0. The van der Waals surface area contributed by atoms with Gasteiger partial charge in [-0.15, -0.1) is 0 Å². The summed E-state index contributed by atoms with van der Waals surface area (Å²) in [4.78, 5) is 25.1. The number of cyclic esters (lactones) is 1. The summed E-state index contributed by atoms with van der Waals surface area (Å²) >= 11 is 0. The molecular weight excluding hydrogens is 304 g/mol. The fourth-order valence-corrected chi connectivity index (χ4v) is 5.97. The molecule has 2 aliphatic carbocycles. The smallest absolute Gasteiger partial charge is 0.316 e. The molecule has 4 nitrogen and oxygen atoms in total. The Bertz CT molecular complexity index is 588. The lowest BCUT2D eigenvalue weighted by Gasteiger charge is -2.61. The van der Waals surface area contributed by atoms with E-state index in [1.54, 1.807) is 6.08 Å². The standard InChI is InChI=1S/C20H28O4/c1-13-3-7-20-14(2)9-16(21)10-17(20)19(13,12-24-18(20)22)6-4-15-5-8-23-11-15/h9,13,15,17H,3-8,10-12H2,1-2H3/t13-,15?,17-,19-,20-/m1/s1. The van der Waals surface area contributed by atoms with Gasteiger partial charge in [0.1, 0.15) is 0 Å². The van der Waals surface area contributed by atoms with E-state index in [9.17, 15) is 9.59 Å². The maximum Gasteiger partial charge on any atom is 0.316 e. The van der Waals surface area contributed by atoms with Gasteiger partial charge in [-0.3, -0.25) is 9.59 Å². The Labute approximate surface area is 144 Å². The predicted molar refractivity (Wildman–Crippen MR) is 89.3 cm³/mol. The number of ketones is 1. The van der Waals surface area contributed by atoms with Gasteiger partial charge in [-0.25, -0.2) is 0 Å². The zero-order chi connectivity index (χ0) is 16.9. The predicted octanol–water partition coefficient (Wildman–Crippen LogP) is 3.30. The third-order valence-electron chi connectivity index (χ3n) is 7.61. The van der Waals surface area contributed by atoms with E-state index in [4.69, 9.17) is 9.47 Å². The minimum absolute atomic E-state index is 0.0417. The Kier molecular flexibility index (Phi) is 3.87. The van der Waals surface area contributed by atoms with E-state index >= 15 is 0 Å². The summed E-state index contributed by atoms with van der Waals surface area (Å²) in [6.45, 7) is 6.48. The van der Waals surface area contributed by atoms with E-state index < -0.39 is 5.41 Å². The van der Waals surface area contributed by atoms with E-state index in [2.05, 4.69) is 6.92 Å². The molecule has 0 radical (unpaired) electrons. The van der Waals surface area contributed by atoms with E-state index in [1.165, 1.54) is 0 Å². The van der Waals surface area contributed by atoms with Crippen LogP contribution in [0.15, 0.2) is 11.6 Å². The van der Waals surface area contributed by atoms with Crippen molar-refractivity contribution in [1.82, 2.24) is 0 Å². The summed E-state index contributed by atoms with van der Waals surface area (Å²) in [7, 11) is 0. The Morgan fingerprint density at radius 3 is 2.88 bits per heavy atom. The molecule has 0 aromatic heterocycles. The van der Waals surface area contributed by atoms with Gasteiger partial charge < -0.3 is 9.47 Å². The molecule has 0 N–H and O–H groups in total. The Balaban J connectivity index is 1.70. The lowest BCUT2D eigenvalue weighted by molar-refractivity contribution is -0.204. The zero-order valence-corrected chi connectivity index (χ0v) is 14.8. The van der Waals surface area contributed by atoms with Crippen LogP contribution in [0.3, 0.4) is 0 Å². The summed E-state index contributed by atoms with van der Waals surface area (Å²) < 4.78 is 11.3. The number of hydrogen-bond donors (Lipinski definition) is 0. The molecule has 1 saturated carbocycles. The molecule has 4 rings (SSSR count). The fourth-order valence-electron chi connectivity index (χ4n) is 5.97. The second-order valence-corrected chi connectivity index (χ2v) is 8.54. The van der Waals surface area contributed by atoms with Crippen molar-refractivity contribution in [3.05, 3.63) is 11.6 Å². The van der Waals surface area contributed by atoms with Crippen LogP contribution in [0.2, 0.25) is 0 Å². The first-order valence-electron chi connectivity index (χ1n) is 9.45. The van der Waals surface area contributed by atoms with Gasteiger partial charge in [-0.2, -0.15) is 0 Å². The number of carbonyl (C=O) groups is 2. The summed E-state index contributed by atoms with van der Waals surface area (Å²) in [5.41, 5.74) is 0.360. The molecule has 0 aromatic rings. The second-order valence-electron chi connectivity index (χ2n) is 8.54. The fraction of sp³-hybridized carbons (Fsp3) is 0.800. The second kappa shape index (κ2) is 5.69. The SMILES string of the molecule is CC1=CC(=O)C[C@H]2[C@@]13CC[C@@H](C)[C@@]2(CCC1CCOC1)COC3=O. The molecule has 3 fully saturated rings. The molecule has 132 valence electrons. The monoisotopic (exact) mass is 332 g/mol. The highest BCUT2D eigenvalue weighted by Gasteiger charge is 2.65. The van der Waals surface area contributed by atoms with Crippen LogP contribution in [0.4, 0.5) is 0 Å². The normalized spacial score (nSPS) is 44.8. The van der Waals surface area contributed by atoms with Crippen molar-refractivity contribution in [1.29, 1.82) is 0 Å². The first-order valence-corrected chi connectivity index (χ1v) is 9.45. The molecule has 0 spiro atoms. The van der Waals surface area contributed by atoms with Crippen LogP contribution >= 0.6 is 0 Å². The van der Waals surface area contributed by atoms with E-state index in [0.29, 0.717) is 24.9 Å². The van der Waals surface area contributed by atoms with Crippen LogP contribution in [0.1, 0.15) is 52.4 Å². The van der Waals surface area contributed by atoms with Crippen LogP contribution in [-0.2, 0) is 19.1 Å². The molecule has 4 aliphatic rings. The minimum Gasteiger partial charge on any atom is -0.464 e. The van der Waals surface area contributed by atoms with Gasteiger partial charge in [-0.05, 0) is 62.9 Å².